The van der Waals surface area contributed by atoms with Crippen LogP contribution in [0.2, 0.25) is 0 Å². The van der Waals surface area contributed by atoms with Gasteiger partial charge in [0.15, 0.2) is 0 Å². The molecule has 25 heavy (non-hydrogen) atoms. The van der Waals surface area contributed by atoms with E-state index in [-0.39, 0.29) is 23.8 Å². The van der Waals surface area contributed by atoms with Crippen molar-refractivity contribution in [3.8, 4) is 0 Å². The Morgan fingerprint density at radius 3 is 2.72 bits per heavy atom. The van der Waals surface area contributed by atoms with Crippen LogP contribution in [0.15, 0.2) is 17.5 Å². The number of rotatable bonds is 2. The third kappa shape index (κ3) is 2.84. The molecule has 1 aromatic rings. The average Bonchev–Trinajstić information content (AvgIpc) is 3.33. The van der Waals surface area contributed by atoms with E-state index in [0.717, 1.165) is 25.9 Å². The fourth-order valence-electron chi connectivity index (χ4n) is 4.45. The highest BCUT2D eigenvalue weighted by Crippen LogP contribution is 2.40. The zero-order chi connectivity index (χ0) is 17.4. The molecule has 3 saturated heterocycles. The van der Waals surface area contributed by atoms with Crippen LogP contribution in [-0.2, 0) is 9.59 Å². The number of carbonyl (C=O) groups is 3. The van der Waals surface area contributed by atoms with Gasteiger partial charge >= 0.3 is 0 Å². The van der Waals surface area contributed by atoms with Crippen LogP contribution in [0.4, 0.5) is 0 Å². The lowest BCUT2D eigenvalue weighted by atomic mass is 9.69. The largest absolute Gasteiger partial charge is 0.352 e. The van der Waals surface area contributed by atoms with Gasteiger partial charge in [0, 0.05) is 38.6 Å². The van der Waals surface area contributed by atoms with Crippen molar-refractivity contribution in [3.63, 3.8) is 0 Å². The first kappa shape index (κ1) is 16.6. The highest BCUT2D eigenvalue weighted by molar-refractivity contribution is 7.12. The molecule has 2 atom stereocenters. The zero-order valence-corrected chi connectivity index (χ0v) is 15.0. The van der Waals surface area contributed by atoms with Crippen LogP contribution in [0.3, 0.4) is 0 Å². The minimum absolute atomic E-state index is 0.000975. The lowest BCUT2D eigenvalue weighted by Gasteiger charge is -2.50. The maximum Gasteiger partial charge on any atom is 0.263 e. The van der Waals surface area contributed by atoms with Gasteiger partial charge in [-0.05, 0) is 37.1 Å². The number of nitrogens with one attached hydrogen (secondary N) is 1. The molecule has 3 aliphatic heterocycles. The van der Waals surface area contributed by atoms with E-state index in [9.17, 15) is 14.4 Å². The Bertz CT molecular complexity index is 684. The third-order valence-electron chi connectivity index (χ3n) is 5.80. The molecule has 134 valence electrons. The number of likely N-dealkylation sites (tertiary alicyclic amines) is 2. The Hall–Kier alpha value is -1.89. The van der Waals surface area contributed by atoms with Crippen molar-refractivity contribution in [3.05, 3.63) is 22.4 Å². The molecule has 4 rings (SSSR count). The van der Waals surface area contributed by atoms with Crippen LogP contribution in [0.1, 0.15) is 41.8 Å². The minimum atomic E-state index is -0.663. The molecule has 3 aliphatic rings. The zero-order valence-electron chi connectivity index (χ0n) is 14.2. The van der Waals surface area contributed by atoms with Gasteiger partial charge in [0.05, 0.1) is 10.3 Å². The first-order chi connectivity index (χ1) is 12.1. The molecular formula is C18H23N3O3S. The lowest BCUT2D eigenvalue weighted by molar-refractivity contribution is -0.151. The fourth-order valence-corrected chi connectivity index (χ4v) is 5.14. The second kappa shape index (κ2) is 6.44. The highest BCUT2D eigenvalue weighted by Gasteiger charge is 2.54. The smallest absolute Gasteiger partial charge is 0.263 e. The number of hydrogen-bond acceptors (Lipinski definition) is 4. The molecule has 0 spiro atoms. The Kier molecular flexibility index (Phi) is 4.27. The Labute approximate surface area is 151 Å². The van der Waals surface area contributed by atoms with Crippen LogP contribution in [-0.4, -0.2) is 59.7 Å². The van der Waals surface area contributed by atoms with Gasteiger partial charge in [-0.1, -0.05) is 6.07 Å². The number of fused-ring (bicyclic) bond motifs is 1. The molecular weight excluding hydrogens is 338 g/mol. The number of hydrogen-bond donors (Lipinski definition) is 1. The molecule has 0 aromatic carbocycles. The second-order valence-corrected chi connectivity index (χ2v) is 8.22. The number of thiophene rings is 1. The van der Waals surface area contributed by atoms with E-state index in [1.54, 1.807) is 0 Å². The Morgan fingerprint density at radius 1 is 1.20 bits per heavy atom. The first-order valence-electron chi connectivity index (χ1n) is 9.02. The Morgan fingerprint density at radius 2 is 2.00 bits per heavy atom. The molecule has 3 amide bonds. The van der Waals surface area contributed by atoms with Crippen molar-refractivity contribution in [1.29, 1.82) is 0 Å². The molecule has 0 saturated carbocycles. The van der Waals surface area contributed by atoms with Crippen LogP contribution in [0, 0.1) is 5.41 Å². The molecule has 1 aromatic heterocycles. The van der Waals surface area contributed by atoms with Crippen molar-refractivity contribution < 1.29 is 14.4 Å². The summed E-state index contributed by atoms with van der Waals surface area (Å²) in [5, 5.41) is 4.93. The van der Waals surface area contributed by atoms with E-state index in [0.29, 0.717) is 37.2 Å². The summed E-state index contributed by atoms with van der Waals surface area (Å²) in [7, 11) is 0. The van der Waals surface area contributed by atoms with Crippen molar-refractivity contribution in [2.75, 3.05) is 26.2 Å². The van der Waals surface area contributed by atoms with Gasteiger partial charge in [-0.25, -0.2) is 0 Å². The van der Waals surface area contributed by atoms with E-state index in [1.165, 1.54) is 11.3 Å². The topological polar surface area (TPSA) is 69.7 Å². The maximum absolute atomic E-state index is 13.4. The van der Waals surface area contributed by atoms with Crippen LogP contribution < -0.4 is 5.32 Å². The van der Waals surface area contributed by atoms with Gasteiger partial charge in [-0.15, -0.1) is 11.3 Å². The van der Waals surface area contributed by atoms with Crippen molar-refractivity contribution in [2.45, 2.75) is 38.1 Å². The highest BCUT2D eigenvalue weighted by atomic mass is 32.1. The second-order valence-electron chi connectivity index (χ2n) is 7.27. The van der Waals surface area contributed by atoms with Crippen LogP contribution in [0.25, 0.3) is 0 Å². The first-order valence-corrected chi connectivity index (χ1v) is 9.90. The molecule has 4 heterocycles. The van der Waals surface area contributed by atoms with Gasteiger partial charge in [0.2, 0.25) is 11.8 Å². The molecule has 3 fully saturated rings. The van der Waals surface area contributed by atoms with Gasteiger partial charge in [0.1, 0.15) is 0 Å². The summed E-state index contributed by atoms with van der Waals surface area (Å²) in [6.07, 6.45) is 3.61. The quantitative estimate of drug-likeness (QED) is 0.867. The van der Waals surface area contributed by atoms with Gasteiger partial charge in [-0.2, -0.15) is 0 Å². The van der Waals surface area contributed by atoms with Crippen LogP contribution >= 0.6 is 11.3 Å². The molecule has 7 heteroatoms. The van der Waals surface area contributed by atoms with E-state index in [1.807, 2.05) is 27.3 Å². The number of carbonyl (C=O) groups excluding carboxylic acids is 3. The monoisotopic (exact) mass is 361 g/mol. The van der Waals surface area contributed by atoms with E-state index in [2.05, 4.69) is 5.32 Å². The van der Waals surface area contributed by atoms with Gasteiger partial charge in [-0.3, -0.25) is 14.4 Å². The summed E-state index contributed by atoms with van der Waals surface area (Å²) in [6, 6.07) is 3.54. The molecule has 0 radical (unpaired) electrons. The van der Waals surface area contributed by atoms with Gasteiger partial charge in [0.25, 0.3) is 5.91 Å². The van der Waals surface area contributed by atoms with E-state index < -0.39 is 5.41 Å². The number of piperidine rings is 2. The summed E-state index contributed by atoms with van der Waals surface area (Å²) in [6.45, 7) is 2.57. The van der Waals surface area contributed by atoms with Gasteiger partial charge < -0.3 is 15.1 Å². The molecule has 0 unspecified atom stereocenters. The molecule has 6 nitrogen and oxygen atoms in total. The summed E-state index contributed by atoms with van der Waals surface area (Å²) in [4.78, 5) is 42.5. The van der Waals surface area contributed by atoms with Crippen molar-refractivity contribution in [1.82, 2.24) is 15.1 Å². The summed E-state index contributed by atoms with van der Waals surface area (Å²) in [5.41, 5.74) is -0.663. The molecule has 0 bridgehead atoms. The van der Waals surface area contributed by atoms with Crippen molar-refractivity contribution >= 4 is 29.1 Å². The standard InChI is InChI=1S/C18H23N3O3S/c22-15-5-7-18(17(24)20-8-1-2-9-20)12-21(10-6-14(18)19-15)16(23)13-4-3-11-25-13/h3-4,11,14H,1-2,5-10,12H2,(H,19,22)/t14-,18+/m1/s1. The van der Waals surface area contributed by atoms with Crippen molar-refractivity contribution in [2.24, 2.45) is 5.41 Å². The average molecular weight is 361 g/mol. The summed E-state index contributed by atoms with van der Waals surface area (Å²) in [5.74, 6) is 0.144. The lowest BCUT2D eigenvalue weighted by Crippen LogP contribution is -2.67. The molecule has 0 aliphatic carbocycles. The maximum atomic E-state index is 13.4. The predicted molar refractivity (Wildman–Crippen MR) is 94.3 cm³/mol. The number of amides is 3. The Balaban J connectivity index is 1.61. The molecule has 1 N–H and O–H groups in total. The van der Waals surface area contributed by atoms with E-state index >= 15 is 0 Å². The summed E-state index contributed by atoms with van der Waals surface area (Å²) >= 11 is 1.43. The van der Waals surface area contributed by atoms with Crippen LogP contribution in [0.5, 0.6) is 0 Å². The SMILES string of the molecule is O=C1CC[C@]2(C(=O)N3CCCC3)CN(C(=O)c3cccs3)CC[C@H]2N1. The third-order valence-corrected chi connectivity index (χ3v) is 6.66. The minimum Gasteiger partial charge on any atom is -0.352 e. The summed E-state index contributed by atoms with van der Waals surface area (Å²) < 4.78 is 0. The fraction of sp³-hybridized carbons (Fsp3) is 0.611. The normalized spacial score (nSPS) is 29.3. The van der Waals surface area contributed by atoms with E-state index in [4.69, 9.17) is 0 Å². The predicted octanol–water partition coefficient (Wildman–Crippen LogP) is 1.48. The number of nitrogens with zero attached hydrogens (tertiary/aromatic N) is 2.